The summed E-state index contributed by atoms with van der Waals surface area (Å²) < 4.78 is 5.93. The van der Waals surface area contributed by atoms with Crippen LogP contribution in [0.3, 0.4) is 0 Å². The van der Waals surface area contributed by atoms with Gasteiger partial charge in [0.2, 0.25) is 0 Å². The molecule has 0 fully saturated rings. The van der Waals surface area contributed by atoms with Crippen LogP contribution < -0.4 is 10.5 Å². The fraction of sp³-hybridized carbons (Fsp3) is 0.188. The van der Waals surface area contributed by atoms with E-state index >= 15 is 0 Å². The molecule has 0 radical (unpaired) electrons. The number of para-hydroxylation sites is 1. The third-order valence-electron chi connectivity index (χ3n) is 3.29. The van der Waals surface area contributed by atoms with Gasteiger partial charge in [0.1, 0.15) is 11.5 Å². The molecule has 104 valence electrons. The Kier molecular flexibility index (Phi) is 3.94. The van der Waals surface area contributed by atoms with E-state index in [9.17, 15) is 0 Å². The molecule has 0 aliphatic rings. The van der Waals surface area contributed by atoms with E-state index < -0.39 is 0 Å². The van der Waals surface area contributed by atoms with Crippen LogP contribution in [-0.4, -0.2) is 11.0 Å². The Bertz CT molecular complexity index is 664. The maximum atomic E-state index is 8.86. The van der Waals surface area contributed by atoms with E-state index in [4.69, 9.17) is 15.7 Å². The second kappa shape index (κ2) is 5.65. The van der Waals surface area contributed by atoms with Crippen LogP contribution in [-0.2, 0) is 0 Å². The van der Waals surface area contributed by atoms with Gasteiger partial charge in [0.05, 0.1) is 5.56 Å². The van der Waals surface area contributed by atoms with E-state index in [1.807, 2.05) is 44.2 Å². The number of nitrogens with zero attached hydrogens (tertiary/aromatic N) is 1. The minimum Gasteiger partial charge on any atom is -0.456 e. The summed E-state index contributed by atoms with van der Waals surface area (Å²) in [6.45, 7) is 6.00. The third-order valence-corrected chi connectivity index (χ3v) is 3.29. The number of benzene rings is 2. The first-order valence-corrected chi connectivity index (χ1v) is 6.35. The molecule has 0 saturated heterocycles. The van der Waals surface area contributed by atoms with Gasteiger partial charge in [-0.3, -0.25) is 0 Å². The molecule has 2 aromatic rings. The van der Waals surface area contributed by atoms with Crippen molar-refractivity contribution in [1.29, 1.82) is 0 Å². The quantitative estimate of drug-likeness (QED) is 0.388. The standard InChI is InChI=1S/C16H18N2O2/c1-10-7-8-13(9-12(10)3)20-15-11(2)5-4-6-14(15)16(17)18-19/h4-9,19H,1-3H3,(H2,17,18). The zero-order chi connectivity index (χ0) is 14.7. The van der Waals surface area contributed by atoms with Gasteiger partial charge in [0.15, 0.2) is 5.84 Å². The summed E-state index contributed by atoms with van der Waals surface area (Å²) in [5, 5.41) is 11.9. The van der Waals surface area contributed by atoms with Gasteiger partial charge in [-0.1, -0.05) is 23.4 Å². The molecule has 2 rings (SSSR count). The fourth-order valence-corrected chi connectivity index (χ4v) is 1.94. The van der Waals surface area contributed by atoms with Gasteiger partial charge in [-0.25, -0.2) is 0 Å². The van der Waals surface area contributed by atoms with Crippen molar-refractivity contribution in [2.75, 3.05) is 0 Å². The summed E-state index contributed by atoms with van der Waals surface area (Å²) in [5.74, 6) is 1.37. The number of hydrogen-bond acceptors (Lipinski definition) is 3. The highest BCUT2D eigenvalue weighted by Gasteiger charge is 2.12. The van der Waals surface area contributed by atoms with Crippen LogP contribution in [0.2, 0.25) is 0 Å². The van der Waals surface area contributed by atoms with Crippen molar-refractivity contribution in [3.05, 3.63) is 58.7 Å². The highest BCUT2D eigenvalue weighted by atomic mass is 16.5. The second-order valence-electron chi connectivity index (χ2n) is 4.78. The van der Waals surface area contributed by atoms with E-state index in [1.165, 1.54) is 5.56 Å². The van der Waals surface area contributed by atoms with Gasteiger partial charge < -0.3 is 15.7 Å². The van der Waals surface area contributed by atoms with Gasteiger partial charge in [-0.15, -0.1) is 0 Å². The van der Waals surface area contributed by atoms with E-state index in [-0.39, 0.29) is 5.84 Å². The number of rotatable bonds is 3. The lowest BCUT2D eigenvalue weighted by Crippen LogP contribution is -2.14. The highest BCUT2D eigenvalue weighted by Crippen LogP contribution is 2.30. The molecule has 0 aliphatic carbocycles. The van der Waals surface area contributed by atoms with Crippen LogP contribution in [0.1, 0.15) is 22.3 Å². The normalized spacial score (nSPS) is 11.4. The molecule has 0 saturated carbocycles. The van der Waals surface area contributed by atoms with Crippen LogP contribution >= 0.6 is 0 Å². The second-order valence-corrected chi connectivity index (χ2v) is 4.78. The number of ether oxygens (including phenoxy) is 1. The molecule has 2 aromatic carbocycles. The molecule has 0 atom stereocenters. The number of amidine groups is 1. The number of oxime groups is 1. The predicted molar refractivity (Wildman–Crippen MR) is 79.7 cm³/mol. The van der Waals surface area contributed by atoms with Crippen molar-refractivity contribution in [1.82, 2.24) is 0 Å². The summed E-state index contributed by atoms with van der Waals surface area (Å²) in [6.07, 6.45) is 0. The molecular formula is C16H18N2O2. The molecule has 0 heterocycles. The maximum Gasteiger partial charge on any atom is 0.173 e. The lowest BCUT2D eigenvalue weighted by atomic mass is 10.1. The first-order valence-electron chi connectivity index (χ1n) is 6.35. The Morgan fingerprint density at radius 2 is 1.80 bits per heavy atom. The molecule has 20 heavy (non-hydrogen) atoms. The van der Waals surface area contributed by atoms with Crippen LogP contribution in [0.25, 0.3) is 0 Å². The first kappa shape index (κ1) is 13.9. The van der Waals surface area contributed by atoms with E-state index in [0.717, 1.165) is 16.9 Å². The smallest absolute Gasteiger partial charge is 0.173 e. The number of nitrogens with two attached hydrogens (primary N) is 1. The predicted octanol–water partition coefficient (Wildman–Crippen LogP) is 3.50. The largest absolute Gasteiger partial charge is 0.456 e. The summed E-state index contributed by atoms with van der Waals surface area (Å²) in [6, 6.07) is 11.4. The summed E-state index contributed by atoms with van der Waals surface area (Å²) >= 11 is 0. The highest BCUT2D eigenvalue weighted by molar-refractivity contribution is 6.00. The van der Waals surface area contributed by atoms with Crippen molar-refractivity contribution in [3.63, 3.8) is 0 Å². The monoisotopic (exact) mass is 270 g/mol. The third kappa shape index (κ3) is 2.74. The summed E-state index contributed by atoms with van der Waals surface area (Å²) in [5.41, 5.74) is 9.55. The van der Waals surface area contributed by atoms with Gasteiger partial charge in [0, 0.05) is 0 Å². The number of aryl methyl sites for hydroxylation is 3. The fourth-order valence-electron chi connectivity index (χ4n) is 1.94. The van der Waals surface area contributed by atoms with Gasteiger partial charge in [0.25, 0.3) is 0 Å². The van der Waals surface area contributed by atoms with Gasteiger partial charge in [-0.2, -0.15) is 0 Å². The lowest BCUT2D eigenvalue weighted by molar-refractivity contribution is 0.318. The van der Waals surface area contributed by atoms with Crippen molar-refractivity contribution in [3.8, 4) is 11.5 Å². The van der Waals surface area contributed by atoms with Crippen molar-refractivity contribution in [2.24, 2.45) is 10.9 Å². The molecule has 0 amide bonds. The Hall–Kier alpha value is -2.49. The van der Waals surface area contributed by atoms with Crippen molar-refractivity contribution in [2.45, 2.75) is 20.8 Å². The molecule has 0 aromatic heterocycles. The zero-order valence-electron chi connectivity index (χ0n) is 11.8. The Labute approximate surface area is 118 Å². The summed E-state index contributed by atoms with van der Waals surface area (Å²) in [4.78, 5) is 0. The zero-order valence-corrected chi connectivity index (χ0v) is 11.8. The van der Waals surface area contributed by atoms with Crippen LogP contribution in [0.5, 0.6) is 11.5 Å². The Morgan fingerprint density at radius 3 is 2.45 bits per heavy atom. The van der Waals surface area contributed by atoms with Gasteiger partial charge in [-0.05, 0) is 55.7 Å². The Morgan fingerprint density at radius 1 is 1.05 bits per heavy atom. The van der Waals surface area contributed by atoms with Crippen LogP contribution in [0.15, 0.2) is 41.6 Å². The van der Waals surface area contributed by atoms with E-state index in [1.54, 1.807) is 6.07 Å². The van der Waals surface area contributed by atoms with Crippen molar-refractivity contribution >= 4 is 5.84 Å². The average Bonchev–Trinajstić information content (AvgIpc) is 2.44. The lowest BCUT2D eigenvalue weighted by Gasteiger charge is -2.14. The minimum atomic E-state index is 0.0348. The summed E-state index contributed by atoms with van der Waals surface area (Å²) in [7, 11) is 0. The first-order chi connectivity index (χ1) is 9.52. The molecule has 0 bridgehead atoms. The van der Waals surface area contributed by atoms with Crippen LogP contribution in [0, 0.1) is 20.8 Å². The number of hydrogen-bond donors (Lipinski definition) is 2. The molecule has 4 nitrogen and oxygen atoms in total. The molecule has 0 aliphatic heterocycles. The Balaban J connectivity index is 2.45. The van der Waals surface area contributed by atoms with E-state index in [2.05, 4.69) is 12.1 Å². The average molecular weight is 270 g/mol. The van der Waals surface area contributed by atoms with E-state index in [0.29, 0.717) is 11.3 Å². The SMILES string of the molecule is Cc1ccc(Oc2c(C)cccc2/C(N)=N/O)cc1C. The topological polar surface area (TPSA) is 67.8 Å². The molecule has 0 spiro atoms. The minimum absolute atomic E-state index is 0.0348. The molecular weight excluding hydrogens is 252 g/mol. The molecule has 4 heteroatoms. The molecule has 3 N–H and O–H groups in total. The van der Waals surface area contributed by atoms with Crippen LogP contribution in [0.4, 0.5) is 0 Å². The maximum absolute atomic E-state index is 8.86. The molecule has 0 unspecified atom stereocenters. The van der Waals surface area contributed by atoms with Gasteiger partial charge >= 0.3 is 0 Å². The van der Waals surface area contributed by atoms with Crippen molar-refractivity contribution < 1.29 is 9.94 Å².